The third kappa shape index (κ3) is 2.86. The summed E-state index contributed by atoms with van der Waals surface area (Å²) in [6.07, 6.45) is 0. The third-order valence-corrected chi connectivity index (χ3v) is 4.41. The molecule has 1 heterocycles. The standard InChI is InChI=1S/C13H15BrN2O5/c1-7-3-9(8(14)4-10(7)16(19)20)15-11-5-21-6-13(11,2)12(17)18/h3-4,11,15H,5-6H2,1-2H3,(H,17,18). The molecule has 2 unspecified atom stereocenters. The molecule has 8 heteroatoms. The number of anilines is 1. The van der Waals surface area contributed by atoms with Crippen LogP contribution in [-0.2, 0) is 9.53 Å². The number of rotatable bonds is 4. The summed E-state index contributed by atoms with van der Waals surface area (Å²) in [5.74, 6) is -0.938. The molecule has 0 spiro atoms. The van der Waals surface area contributed by atoms with E-state index in [1.165, 1.54) is 6.07 Å². The Balaban J connectivity index is 2.30. The zero-order chi connectivity index (χ0) is 15.8. The van der Waals surface area contributed by atoms with E-state index in [0.717, 1.165) is 0 Å². The van der Waals surface area contributed by atoms with Gasteiger partial charge in [0.15, 0.2) is 0 Å². The molecule has 2 atom stereocenters. The number of carboxylic acids is 1. The van der Waals surface area contributed by atoms with Crippen molar-refractivity contribution in [3.05, 3.63) is 32.3 Å². The summed E-state index contributed by atoms with van der Waals surface area (Å²) in [7, 11) is 0. The van der Waals surface area contributed by atoms with Crippen molar-refractivity contribution in [2.24, 2.45) is 5.41 Å². The van der Waals surface area contributed by atoms with Gasteiger partial charge in [0.2, 0.25) is 0 Å². The molecular weight excluding hydrogens is 344 g/mol. The first-order chi connectivity index (χ1) is 9.75. The van der Waals surface area contributed by atoms with Gasteiger partial charge in [0.1, 0.15) is 5.41 Å². The van der Waals surface area contributed by atoms with Crippen molar-refractivity contribution < 1.29 is 19.6 Å². The molecule has 7 nitrogen and oxygen atoms in total. The number of halogens is 1. The SMILES string of the molecule is Cc1cc(NC2COCC2(C)C(=O)O)c(Br)cc1[N+](=O)[O-]. The van der Waals surface area contributed by atoms with Crippen LogP contribution in [0.1, 0.15) is 12.5 Å². The van der Waals surface area contributed by atoms with E-state index in [4.69, 9.17) is 4.74 Å². The summed E-state index contributed by atoms with van der Waals surface area (Å²) in [5.41, 5.74) is 0.0913. The van der Waals surface area contributed by atoms with Crippen molar-refractivity contribution in [2.45, 2.75) is 19.9 Å². The minimum Gasteiger partial charge on any atom is -0.481 e. The van der Waals surface area contributed by atoms with Gasteiger partial charge in [-0.05, 0) is 35.8 Å². The lowest BCUT2D eigenvalue weighted by Crippen LogP contribution is -2.43. The highest BCUT2D eigenvalue weighted by Gasteiger charge is 2.46. The predicted molar refractivity (Wildman–Crippen MR) is 79.5 cm³/mol. The molecule has 0 aromatic heterocycles. The molecule has 2 N–H and O–H groups in total. The van der Waals surface area contributed by atoms with Gasteiger partial charge in [-0.1, -0.05) is 0 Å². The van der Waals surface area contributed by atoms with Crippen LogP contribution in [0.5, 0.6) is 0 Å². The Morgan fingerprint density at radius 2 is 2.29 bits per heavy atom. The molecule has 2 rings (SSSR count). The average Bonchev–Trinajstić information content (AvgIpc) is 2.76. The molecule has 0 radical (unpaired) electrons. The monoisotopic (exact) mass is 358 g/mol. The number of benzene rings is 1. The smallest absolute Gasteiger partial charge is 0.313 e. The quantitative estimate of drug-likeness (QED) is 0.633. The summed E-state index contributed by atoms with van der Waals surface area (Å²) in [5, 5.41) is 23.3. The second-order valence-corrected chi connectivity index (χ2v) is 6.16. The summed E-state index contributed by atoms with van der Waals surface area (Å²) < 4.78 is 5.78. The molecule has 1 aromatic rings. The number of carbonyl (C=O) groups is 1. The zero-order valence-electron chi connectivity index (χ0n) is 11.6. The van der Waals surface area contributed by atoms with E-state index in [-0.39, 0.29) is 18.9 Å². The van der Waals surface area contributed by atoms with Gasteiger partial charge in [0.25, 0.3) is 5.69 Å². The molecule has 1 saturated heterocycles. The number of nitrogens with zero attached hydrogens (tertiary/aromatic N) is 1. The number of ether oxygens (including phenoxy) is 1. The number of nitro benzene ring substituents is 1. The number of aryl methyl sites for hydroxylation is 1. The normalized spacial score (nSPS) is 24.8. The lowest BCUT2D eigenvalue weighted by Gasteiger charge is -2.27. The van der Waals surface area contributed by atoms with Crippen LogP contribution in [0.4, 0.5) is 11.4 Å². The molecule has 1 fully saturated rings. The van der Waals surface area contributed by atoms with Gasteiger partial charge >= 0.3 is 5.97 Å². The highest BCUT2D eigenvalue weighted by molar-refractivity contribution is 9.10. The predicted octanol–water partition coefficient (Wildman–Crippen LogP) is 2.57. The van der Waals surface area contributed by atoms with Crippen molar-refractivity contribution in [3.63, 3.8) is 0 Å². The van der Waals surface area contributed by atoms with Gasteiger partial charge in [-0.15, -0.1) is 0 Å². The number of nitrogens with one attached hydrogen (secondary N) is 1. The van der Waals surface area contributed by atoms with E-state index in [1.54, 1.807) is 19.9 Å². The first-order valence-electron chi connectivity index (χ1n) is 6.28. The van der Waals surface area contributed by atoms with Gasteiger partial charge in [-0.25, -0.2) is 0 Å². The first-order valence-corrected chi connectivity index (χ1v) is 7.07. The maximum atomic E-state index is 11.4. The second kappa shape index (κ2) is 5.61. The van der Waals surface area contributed by atoms with E-state index in [0.29, 0.717) is 15.7 Å². The van der Waals surface area contributed by atoms with E-state index >= 15 is 0 Å². The lowest BCUT2D eigenvalue weighted by atomic mass is 9.85. The molecule has 1 aliphatic heterocycles. The summed E-state index contributed by atoms with van der Waals surface area (Å²) >= 11 is 3.28. The average molecular weight is 359 g/mol. The topological polar surface area (TPSA) is 102 Å². The largest absolute Gasteiger partial charge is 0.481 e. The van der Waals surface area contributed by atoms with Crippen molar-refractivity contribution in [1.29, 1.82) is 0 Å². The number of hydrogen-bond acceptors (Lipinski definition) is 5. The van der Waals surface area contributed by atoms with Gasteiger partial charge in [0.05, 0.1) is 24.2 Å². The van der Waals surface area contributed by atoms with E-state index in [2.05, 4.69) is 21.2 Å². The van der Waals surface area contributed by atoms with Crippen LogP contribution in [0.15, 0.2) is 16.6 Å². The van der Waals surface area contributed by atoms with Crippen molar-refractivity contribution in [1.82, 2.24) is 0 Å². The molecule has 114 valence electrons. The van der Waals surface area contributed by atoms with Crippen LogP contribution >= 0.6 is 15.9 Å². The Morgan fingerprint density at radius 1 is 1.62 bits per heavy atom. The van der Waals surface area contributed by atoms with Gasteiger partial charge in [-0.2, -0.15) is 0 Å². The number of aliphatic carboxylic acids is 1. The van der Waals surface area contributed by atoms with E-state index < -0.39 is 22.3 Å². The third-order valence-electron chi connectivity index (χ3n) is 3.76. The van der Waals surface area contributed by atoms with Crippen LogP contribution < -0.4 is 5.32 Å². The lowest BCUT2D eigenvalue weighted by molar-refractivity contribution is -0.385. The maximum absolute atomic E-state index is 11.4. The Hall–Kier alpha value is -1.67. The molecular formula is C13H15BrN2O5. The van der Waals surface area contributed by atoms with Crippen LogP contribution in [-0.4, -0.2) is 35.3 Å². The zero-order valence-corrected chi connectivity index (χ0v) is 13.1. The fraction of sp³-hybridized carbons (Fsp3) is 0.462. The van der Waals surface area contributed by atoms with Crippen molar-refractivity contribution >= 4 is 33.3 Å². The summed E-state index contributed by atoms with van der Waals surface area (Å²) in [4.78, 5) is 21.8. The molecule has 21 heavy (non-hydrogen) atoms. The Labute approximate surface area is 129 Å². The van der Waals surface area contributed by atoms with Crippen LogP contribution in [0.2, 0.25) is 0 Å². The molecule has 0 amide bonds. The van der Waals surface area contributed by atoms with Crippen LogP contribution in [0, 0.1) is 22.5 Å². The van der Waals surface area contributed by atoms with Gasteiger partial charge in [0, 0.05) is 21.8 Å². The summed E-state index contributed by atoms with van der Waals surface area (Å²) in [6, 6.07) is 2.63. The first kappa shape index (κ1) is 15.7. The number of nitro groups is 1. The fourth-order valence-corrected chi connectivity index (χ4v) is 2.70. The number of carboxylic acid groups (broad SMARTS) is 1. The minimum absolute atomic E-state index is 0.0103. The Bertz CT molecular complexity index is 606. The van der Waals surface area contributed by atoms with E-state index in [1.807, 2.05) is 0 Å². The summed E-state index contributed by atoms with van der Waals surface area (Å²) in [6.45, 7) is 3.65. The van der Waals surface area contributed by atoms with E-state index in [9.17, 15) is 20.0 Å². The molecule has 0 aliphatic carbocycles. The van der Waals surface area contributed by atoms with Crippen LogP contribution in [0.25, 0.3) is 0 Å². The van der Waals surface area contributed by atoms with Crippen LogP contribution in [0.3, 0.4) is 0 Å². The Morgan fingerprint density at radius 3 is 2.86 bits per heavy atom. The minimum atomic E-state index is -1.03. The fourth-order valence-electron chi connectivity index (χ4n) is 2.25. The highest BCUT2D eigenvalue weighted by Crippen LogP contribution is 2.35. The molecule has 1 aliphatic rings. The number of hydrogen-bond donors (Lipinski definition) is 2. The molecule has 0 bridgehead atoms. The van der Waals surface area contributed by atoms with Crippen molar-refractivity contribution in [2.75, 3.05) is 18.5 Å². The second-order valence-electron chi connectivity index (χ2n) is 5.31. The Kier molecular flexibility index (Phi) is 4.20. The molecule has 0 saturated carbocycles. The van der Waals surface area contributed by atoms with Gasteiger partial charge in [-0.3, -0.25) is 14.9 Å². The maximum Gasteiger partial charge on any atom is 0.313 e. The molecule has 1 aromatic carbocycles. The van der Waals surface area contributed by atoms with Gasteiger partial charge < -0.3 is 15.2 Å². The van der Waals surface area contributed by atoms with Crippen molar-refractivity contribution in [3.8, 4) is 0 Å². The highest BCUT2D eigenvalue weighted by atomic mass is 79.9.